The number of hydrogen-bond donors (Lipinski definition) is 0. The summed E-state index contributed by atoms with van der Waals surface area (Å²) in [5.74, 6) is 0. The van der Waals surface area contributed by atoms with Gasteiger partial charge >= 0.3 is 0 Å². The molecule has 0 N–H and O–H groups in total. The second-order valence-corrected chi connectivity index (χ2v) is 14.0. The van der Waals surface area contributed by atoms with Gasteiger partial charge in [0, 0.05) is 5.41 Å². The zero-order valence-electron chi connectivity index (χ0n) is 27.7. The van der Waals surface area contributed by atoms with Gasteiger partial charge in [0.25, 0.3) is 0 Å². The van der Waals surface area contributed by atoms with Crippen LogP contribution in [0.5, 0.6) is 0 Å². The number of benzene rings is 9. The predicted molar refractivity (Wildman–Crippen MR) is 210 cm³/mol. The van der Waals surface area contributed by atoms with Crippen molar-refractivity contribution in [3.8, 4) is 44.5 Å². The topological polar surface area (TPSA) is 0 Å². The summed E-state index contributed by atoms with van der Waals surface area (Å²) in [6, 6.07) is 63.0. The van der Waals surface area contributed by atoms with Gasteiger partial charge in [0.15, 0.2) is 0 Å². The summed E-state index contributed by atoms with van der Waals surface area (Å²) < 4.78 is 0. The molecular weight excluding hydrogens is 589 g/mol. The van der Waals surface area contributed by atoms with Gasteiger partial charge in [-0.25, -0.2) is 0 Å². The quantitative estimate of drug-likeness (QED) is 0.136. The molecule has 0 heterocycles. The van der Waals surface area contributed by atoms with Gasteiger partial charge in [-0.3, -0.25) is 0 Å². The Balaban J connectivity index is 1.15. The van der Waals surface area contributed by atoms with Crippen LogP contribution in [0.1, 0.15) is 25.0 Å². The molecule has 0 fully saturated rings. The van der Waals surface area contributed by atoms with Gasteiger partial charge in [-0.15, -0.1) is 0 Å². The number of fused-ring (bicyclic) bond motifs is 9. The maximum absolute atomic E-state index is 2.37. The van der Waals surface area contributed by atoms with Crippen molar-refractivity contribution >= 4 is 43.1 Å². The normalized spacial score (nSPS) is 13.3. The molecule has 0 amide bonds. The molecule has 10 rings (SSSR count). The summed E-state index contributed by atoms with van der Waals surface area (Å²) in [5.41, 5.74) is 13.1. The lowest BCUT2D eigenvalue weighted by atomic mass is 9.80. The molecule has 0 atom stereocenters. The first-order valence-corrected chi connectivity index (χ1v) is 17.3. The van der Waals surface area contributed by atoms with Crippen molar-refractivity contribution in [3.05, 3.63) is 181 Å². The molecule has 0 aromatic heterocycles. The fourth-order valence-corrected chi connectivity index (χ4v) is 8.80. The number of rotatable bonds is 3. The minimum Gasteiger partial charge on any atom is -0.0622 e. The van der Waals surface area contributed by atoms with Crippen LogP contribution in [0, 0.1) is 0 Å². The molecule has 0 heteroatoms. The highest BCUT2D eigenvalue weighted by Crippen LogP contribution is 2.51. The Kier molecular flexibility index (Phi) is 6.02. The van der Waals surface area contributed by atoms with E-state index in [4.69, 9.17) is 0 Å². The summed E-state index contributed by atoms with van der Waals surface area (Å²) in [6.07, 6.45) is 0. The van der Waals surface area contributed by atoms with E-state index in [1.54, 1.807) is 0 Å². The highest BCUT2D eigenvalue weighted by atomic mass is 14.4. The minimum absolute atomic E-state index is 0.0274. The number of hydrogen-bond acceptors (Lipinski definition) is 0. The first kappa shape index (κ1) is 28.1. The van der Waals surface area contributed by atoms with Crippen molar-refractivity contribution in [2.24, 2.45) is 0 Å². The molecule has 1 aliphatic rings. The Hall–Kier alpha value is -5.98. The molecule has 0 saturated carbocycles. The second kappa shape index (κ2) is 10.5. The van der Waals surface area contributed by atoms with Crippen LogP contribution in [0.4, 0.5) is 0 Å². The lowest BCUT2D eigenvalue weighted by molar-refractivity contribution is 0.666. The first-order valence-electron chi connectivity index (χ1n) is 17.3. The van der Waals surface area contributed by atoms with E-state index >= 15 is 0 Å². The van der Waals surface area contributed by atoms with E-state index in [0.29, 0.717) is 0 Å². The van der Waals surface area contributed by atoms with Crippen LogP contribution >= 0.6 is 0 Å². The lowest BCUT2D eigenvalue weighted by Gasteiger charge is -2.23. The first-order chi connectivity index (χ1) is 24.1. The summed E-state index contributed by atoms with van der Waals surface area (Å²) in [4.78, 5) is 0. The van der Waals surface area contributed by atoms with Crippen molar-refractivity contribution in [3.63, 3.8) is 0 Å². The lowest BCUT2D eigenvalue weighted by Crippen LogP contribution is -2.15. The van der Waals surface area contributed by atoms with Gasteiger partial charge in [-0.1, -0.05) is 178 Å². The van der Waals surface area contributed by atoms with Gasteiger partial charge < -0.3 is 0 Å². The average molecular weight is 623 g/mol. The van der Waals surface area contributed by atoms with E-state index in [2.05, 4.69) is 184 Å². The van der Waals surface area contributed by atoms with E-state index in [1.807, 2.05) is 0 Å². The fraction of sp³-hybridized carbons (Fsp3) is 0.0612. The molecule has 0 radical (unpaired) electrons. The molecule has 230 valence electrons. The van der Waals surface area contributed by atoms with Crippen LogP contribution in [-0.2, 0) is 5.41 Å². The van der Waals surface area contributed by atoms with Gasteiger partial charge in [-0.2, -0.15) is 0 Å². The van der Waals surface area contributed by atoms with Crippen LogP contribution < -0.4 is 0 Å². The van der Waals surface area contributed by atoms with Crippen molar-refractivity contribution in [1.82, 2.24) is 0 Å². The largest absolute Gasteiger partial charge is 0.0622 e. The molecule has 0 nitrogen and oxygen atoms in total. The maximum Gasteiger partial charge on any atom is 0.0165 e. The Morgan fingerprint density at radius 2 is 0.939 bits per heavy atom. The Labute approximate surface area is 286 Å². The van der Waals surface area contributed by atoms with Crippen LogP contribution in [0.25, 0.3) is 87.6 Å². The molecule has 0 bridgehead atoms. The van der Waals surface area contributed by atoms with Gasteiger partial charge in [0.05, 0.1) is 0 Å². The van der Waals surface area contributed by atoms with Crippen molar-refractivity contribution < 1.29 is 0 Å². The molecule has 0 unspecified atom stereocenters. The second-order valence-electron chi connectivity index (χ2n) is 14.0. The monoisotopic (exact) mass is 622 g/mol. The van der Waals surface area contributed by atoms with Crippen LogP contribution in [0.3, 0.4) is 0 Å². The van der Waals surface area contributed by atoms with Gasteiger partial charge in [0.1, 0.15) is 0 Å². The van der Waals surface area contributed by atoms with Crippen LogP contribution in [-0.4, -0.2) is 0 Å². The summed E-state index contributed by atoms with van der Waals surface area (Å²) >= 11 is 0. The molecule has 0 saturated heterocycles. The highest BCUT2D eigenvalue weighted by molar-refractivity contribution is 6.27. The third-order valence-electron chi connectivity index (χ3n) is 11.0. The van der Waals surface area contributed by atoms with Crippen molar-refractivity contribution in [2.75, 3.05) is 0 Å². The Morgan fingerprint density at radius 1 is 0.347 bits per heavy atom. The van der Waals surface area contributed by atoms with Crippen molar-refractivity contribution in [1.29, 1.82) is 0 Å². The molecule has 9 aromatic rings. The third kappa shape index (κ3) is 4.11. The summed E-state index contributed by atoms with van der Waals surface area (Å²) in [7, 11) is 0. The minimum atomic E-state index is -0.0274. The molecule has 9 aromatic carbocycles. The average Bonchev–Trinajstić information content (AvgIpc) is 3.40. The molecule has 1 aliphatic carbocycles. The highest BCUT2D eigenvalue weighted by Gasteiger charge is 2.36. The Morgan fingerprint density at radius 3 is 1.76 bits per heavy atom. The van der Waals surface area contributed by atoms with E-state index < -0.39 is 0 Å². The van der Waals surface area contributed by atoms with Crippen LogP contribution in [0.2, 0.25) is 0 Å². The summed E-state index contributed by atoms with van der Waals surface area (Å²) in [6.45, 7) is 4.74. The summed E-state index contributed by atoms with van der Waals surface area (Å²) in [5, 5.41) is 10.3. The standard InChI is InChI=1S/C49H34/c1-49(2)44-19-11-10-16-39(44)42-28-26-36-30-35(25-27-38(36)48(42)49)31-20-22-34(23-21-31)46-41-18-9-8-17-40(41)45(33-13-4-3-5-14-33)43-29-24-32-12-6-7-15-37(32)47(43)46/h3-30H,1-2H3. The molecule has 0 aliphatic heterocycles. The molecule has 0 spiro atoms. The third-order valence-corrected chi connectivity index (χ3v) is 11.0. The molecular formula is C49H34. The fourth-order valence-electron chi connectivity index (χ4n) is 8.80. The van der Waals surface area contributed by atoms with E-state index in [-0.39, 0.29) is 5.41 Å². The van der Waals surface area contributed by atoms with Gasteiger partial charge in [-0.05, 0) is 105 Å². The van der Waals surface area contributed by atoms with E-state index in [1.165, 1.54) is 98.7 Å². The van der Waals surface area contributed by atoms with Crippen molar-refractivity contribution in [2.45, 2.75) is 19.3 Å². The zero-order valence-corrected chi connectivity index (χ0v) is 27.7. The predicted octanol–water partition coefficient (Wildman–Crippen LogP) is 13.6. The van der Waals surface area contributed by atoms with Gasteiger partial charge in [0.2, 0.25) is 0 Å². The van der Waals surface area contributed by atoms with E-state index in [0.717, 1.165) is 0 Å². The van der Waals surface area contributed by atoms with Crippen LogP contribution in [0.15, 0.2) is 170 Å². The smallest absolute Gasteiger partial charge is 0.0165 e. The molecule has 49 heavy (non-hydrogen) atoms. The SMILES string of the molecule is CC1(C)c2ccccc2-c2ccc3cc(-c4ccc(-c5c6ccccc6c(-c6ccccc6)c6ccc7ccccc7c56)cc4)ccc3c21. The van der Waals surface area contributed by atoms with E-state index in [9.17, 15) is 0 Å². The Bertz CT molecular complexity index is 2760. The zero-order chi connectivity index (χ0) is 32.7. The maximum atomic E-state index is 2.37.